The number of benzene rings is 1. The summed E-state index contributed by atoms with van der Waals surface area (Å²) in [7, 11) is 1.49. The van der Waals surface area contributed by atoms with Gasteiger partial charge in [-0.3, -0.25) is 4.79 Å². The summed E-state index contributed by atoms with van der Waals surface area (Å²) >= 11 is 0. The number of amides is 1. The third-order valence-electron chi connectivity index (χ3n) is 5.01. The number of carboxylic acids is 1. The van der Waals surface area contributed by atoms with Crippen LogP contribution in [0.1, 0.15) is 18.4 Å². The first-order chi connectivity index (χ1) is 14.1. The Labute approximate surface area is 170 Å². The van der Waals surface area contributed by atoms with Crippen molar-refractivity contribution in [3.8, 4) is 0 Å². The van der Waals surface area contributed by atoms with Crippen molar-refractivity contribution < 1.29 is 41.7 Å². The highest BCUT2D eigenvalue weighted by Crippen LogP contribution is 2.47. The van der Waals surface area contributed by atoms with Gasteiger partial charge in [-0.25, -0.2) is 9.18 Å². The fourth-order valence-corrected chi connectivity index (χ4v) is 3.67. The maximum absolute atomic E-state index is 12.9. The average molecular weight is 436 g/mol. The standard InChI is InChI=1S/C17H23FN2O3.C2HF3O2/c1-22-11-16(21)19-13-2-3-15-14(10-13)17(4-8-23-9-5-17)12-20(15)7-6-18;3-2(4,5)1(6)7/h2-3,10H,4-9,11-12H2,1H3,(H,19,21);(H,6,7). The van der Waals surface area contributed by atoms with Crippen molar-refractivity contribution >= 4 is 23.3 Å². The van der Waals surface area contributed by atoms with Gasteiger partial charge in [-0.05, 0) is 36.6 Å². The van der Waals surface area contributed by atoms with E-state index in [9.17, 15) is 22.4 Å². The van der Waals surface area contributed by atoms with E-state index >= 15 is 0 Å². The van der Waals surface area contributed by atoms with Gasteiger partial charge in [-0.1, -0.05) is 0 Å². The first-order valence-electron chi connectivity index (χ1n) is 9.25. The molecule has 1 amide bonds. The number of carbonyl (C=O) groups excluding carboxylic acids is 1. The number of methoxy groups -OCH3 is 1. The van der Waals surface area contributed by atoms with Gasteiger partial charge in [0.05, 0.1) is 0 Å². The van der Waals surface area contributed by atoms with Crippen LogP contribution in [0.5, 0.6) is 0 Å². The number of carboxylic acid groups (broad SMARTS) is 1. The monoisotopic (exact) mass is 436 g/mol. The average Bonchev–Trinajstić information content (AvgIpc) is 2.95. The van der Waals surface area contributed by atoms with Crippen molar-refractivity contribution in [2.75, 3.05) is 56.9 Å². The number of alkyl halides is 4. The largest absolute Gasteiger partial charge is 0.490 e. The first-order valence-corrected chi connectivity index (χ1v) is 9.25. The van der Waals surface area contributed by atoms with Crippen LogP contribution in [0.2, 0.25) is 0 Å². The fraction of sp³-hybridized carbons (Fsp3) is 0.579. The van der Waals surface area contributed by atoms with Crippen LogP contribution >= 0.6 is 0 Å². The smallest absolute Gasteiger partial charge is 0.475 e. The maximum atomic E-state index is 12.9. The molecule has 0 aromatic heterocycles. The molecule has 0 bridgehead atoms. The van der Waals surface area contributed by atoms with Crippen LogP contribution < -0.4 is 10.2 Å². The highest BCUT2D eigenvalue weighted by Gasteiger charge is 2.43. The Kier molecular flexibility index (Phi) is 8.02. The number of nitrogens with one attached hydrogen (secondary N) is 1. The second-order valence-electron chi connectivity index (χ2n) is 7.02. The number of hydrogen-bond acceptors (Lipinski definition) is 5. The number of nitrogens with zero attached hydrogens (tertiary/aromatic N) is 1. The summed E-state index contributed by atoms with van der Waals surface area (Å²) in [5.74, 6) is -2.93. The predicted octanol–water partition coefficient (Wildman–Crippen LogP) is 2.74. The zero-order valence-electron chi connectivity index (χ0n) is 16.4. The van der Waals surface area contributed by atoms with E-state index in [4.69, 9.17) is 19.4 Å². The second kappa shape index (κ2) is 10.1. The van der Waals surface area contributed by atoms with Gasteiger partial charge >= 0.3 is 12.1 Å². The third-order valence-corrected chi connectivity index (χ3v) is 5.01. The van der Waals surface area contributed by atoms with Gasteiger partial charge in [0.15, 0.2) is 0 Å². The van der Waals surface area contributed by atoms with E-state index < -0.39 is 12.1 Å². The molecule has 30 heavy (non-hydrogen) atoms. The zero-order valence-corrected chi connectivity index (χ0v) is 16.4. The van der Waals surface area contributed by atoms with Crippen molar-refractivity contribution in [2.45, 2.75) is 24.4 Å². The quantitative estimate of drug-likeness (QED) is 0.691. The van der Waals surface area contributed by atoms with E-state index in [1.54, 1.807) is 0 Å². The van der Waals surface area contributed by atoms with Crippen LogP contribution in [-0.2, 0) is 24.5 Å². The lowest BCUT2D eigenvalue weighted by molar-refractivity contribution is -0.192. The summed E-state index contributed by atoms with van der Waals surface area (Å²) in [6.07, 6.45) is -3.23. The molecule has 0 atom stereocenters. The van der Waals surface area contributed by atoms with E-state index in [0.717, 1.165) is 44.0 Å². The summed E-state index contributed by atoms with van der Waals surface area (Å²) in [6, 6.07) is 5.89. The van der Waals surface area contributed by atoms with Crippen LogP contribution in [0.15, 0.2) is 18.2 Å². The SMILES string of the molecule is COCC(=O)Nc1ccc2c(c1)C1(CCOCC1)CN2CCF.O=C(O)C(F)(F)F. The van der Waals surface area contributed by atoms with Gasteiger partial charge in [0.2, 0.25) is 5.91 Å². The van der Waals surface area contributed by atoms with Gasteiger partial charge in [0, 0.05) is 50.2 Å². The van der Waals surface area contributed by atoms with Crippen molar-refractivity contribution in [1.29, 1.82) is 0 Å². The fourth-order valence-electron chi connectivity index (χ4n) is 3.67. The zero-order chi connectivity index (χ0) is 22.4. The third kappa shape index (κ3) is 5.82. The second-order valence-corrected chi connectivity index (χ2v) is 7.02. The summed E-state index contributed by atoms with van der Waals surface area (Å²) in [5.41, 5.74) is 3.04. The summed E-state index contributed by atoms with van der Waals surface area (Å²) in [6.45, 7) is 2.35. The molecule has 7 nitrogen and oxygen atoms in total. The number of hydrogen-bond donors (Lipinski definition) is 2. The minimum atomic E-state index is -5.08. The molecule has 2 aliphatic rings. The molecule has 1 aromatic rings. The molecule has 0 radical (unpaired) electrons. The van der Waals surface area contributed by atoms with E-state index in [0.29, 0.717) is 6.54 Å². The molecule has 0 saturated carbocycles. The van der Waals surface area contributed by atoms with Gasteiger partial charge in [0.25, 0.3) is 0 Å². The highest BCUT2D eigenvalue weighted by atomic mass is 19.4. The van der Waals surface area contributed by atoms with Gasteiger partial charge in [-0.2, -0.15) is 13.2 Å². The minimum Gasteiger partial charge on any atom is -0.475 e. The van der Waals surface area contributed by atoms with Crippen molar-refractivity contribution in [1.82, 2.24) is 0 Å². The Morgan fingerprint density at radius 2 is 1.93 bits per heavy atom. The molecule has 1 saturated heterocycles. The maximum Gasteiger partial charge on any atom is 0.490 e. The van der Waals surface area contributed by atoms with Crippen LogP contribution in [0.25, 0.3) is 0 Å². The van der Waals surface area contributed by atoms with Gasteiger partial charge in [0.1, 0.15) is 13.3 Å². The molecule has 2 heterocycles. The molecule has 1 aromatic carbocycles. The van der Waals surface area contributed by atoms with Crippen molar-refractivity contribution in [2.24, 2.45) is 0 Å². The van der Waals surface area contributed by atoms with Crippen molar-refractivity contribution in [3.05, 3.63) is 23.8 Å². The normalized spacial score (nSPS) is 17.2. The number of aliphatic carboxylic acids is 1. The Morgan fingerprint density at radius 1 is 1.30 bits per heavy atom. The molecule has 1 spiro atoms. The first kappa shape index (κ1) is 23.9. The van der Waals surface area contributed by atoms with Crippen LogP contribution in [-0.4, -0.2) is 69.9 Å². The number of ether oxygens (including phenoxy) is 2. The lowest BCUT2D eigenvalue weighted by atomic mass is 9.76. The summed E-state index contributed by atoms with van der Waals surface area (Å²) in [4.78, 5) is 22.7. The molecule has 3 rings (SSSR count). The Bertz CT molecular complexity index is 751. The van der Waals surface area contributed by atoms with Crippen LogP contribution in [0, 0.1) is 0 Å². The van der Waals surface area contributed by atoms with E-state index in [1.165, 1.54) is 12.7 Å². The highest BCUT2D eigenvalue weighted by molar-refractivity contribution is 5.92. The van der Waals surface area contributed by atoms with E-state index in [2.05, 4.69) is 10.2 Å². The molecule has 2 aliphatic heterocycles. The minimum absolute atomic E-state index is 0.00471. The van der Waals surface area contributed by atoms with Gasteiger partial charge < -0.3 is 24.8 Å². The van der Waals surface area contributed by atoms with E-state index in [-0.39, 0.29) is 24.6 Å². The molecule has 1 fully saturated rings. The Hall–Kier alpha value is -2.40. The Morgan fingerprint density at radius 3 is 2.47 bits per heavy atom. The lowest BCUT2D eigenvalue weighted by Gasteiger charge is -2.34. The summed E-state index contributed by atoms with van der Waals surface area (Å²) in [5, 5.41) is 9.98. The Balaban J connectivity index is 0.000000396. The van der Waals surface area contributed by atoms with Crippen LogP contribution in [0.3, 0.4) is 0 Å². The molecular formula is C19H24F4N2O5. The van der Waals surface area contributed by atoms with Crippen molar-refractivity contribution in [3.63, 3.8) is 0 Å². The van der Waals surface area contributed by atoms with E-state index in [1.807, 2.05) is 18.2 Å². The number of carbonyl (C=O) groups is 2. The molecule has 0 unspecified atom stereocenters. The molecule has 11 heteroatoms. The number of anilines is 2. The number of halogens is 4. The number of fused-ring (bicyclic) bond motifs is 2. The molecule has 0 aliphatic carbocycles. The number of rotatable bonds is 5. The predicted molar refractivity (Wildman–Crippen MR) is 101 cm³/mol. The van der Waals surface area contributed by atoms with Gasteiger partial charge in [-0.15, -0.1) is 0 Å². The van der Waals surface area contributed by atoms with Crippen LogP contribution in [0.4, 0.5) is 28.9 Å². The molecule has 168 valence electrons. The molecule has 2 N–H and O–H groups in total. The topological polar surface area (TPSA) is 88.1 Å². The summed E-state index contributed by atoms with van der Waals surface area (Å²) < 4.78 is 55.0. The lowest BCUT2D eigenvalue weighted by Crippen LogP contribution is -2.39. The molecular weight excluding hydrogens is 412 g/mol.